The number of hydrogen-bond acceptors (Lipinski definition) is 1. The fraction of sp³-hybridized carbons (Fsp3) is 0.714. The number of unbranched alkanes of at least 4 members (excludes halogenated alkanes) is 1. The summed E-state index contributed by atoms with van der Waals surface area (Å²) in [5.74, 6) is 0. The molecular weight excluding hydrogens is 339 g/mol. The molecule has 17 heavy (non-hydrogen) atoms. The molecule has 0 saturated carbocycles. The van der Waals surface area contributed by atoms with Crippen molar-refractivity contribution in [1.82, 2.24) is 0 Å². The summed E-state index contributed by atoms with van der Waals surface area (Å²) < 4.78 is 7.16. The van der Waals surface area contributed by atoms with Crippen LogP contribution in [0.5, 0.6) is 0 Å². The lowest BCUT2D eigenvalue weighted by Gasteiger charge is -2.35. The Morgan fingerprint density at radius 2 is 1.53 bits per heavy atom. The summed E-state index contributed by atoms with van der Waals surface area (Å²) in [4.78, 5) is 0. The highest BCUT2D eigenvalue weighted by molar-refractivity contribution is 14.1. The number of hydrogen-bond donors (Lipinski definition) is 0. The van der Waals surface area contributed by atoms with Crippen LogP contribution in [0.1, 0.15) is 33.6 Å². The summed E-state index contributed by atoms with van der Waals surface area (Å²) in [5, 5.41) is 0.309. The van der Waals surface area contributed by atoms with E-state index in [1.54, 1.807) is 0 Å². The first-order chi connectivity index (χ1) is 7.81. The van der Waals surface area contributed by atoms with Gasteiger partial charge < -0.3 is 4.43 Å². The Kier molecular flexibility index (Phi) is 8.68. The summed E-state index contributed by atoms with van der Waals surface area (Å²) >= 11 is 2.36. The Morgan fingerprint density at radius 3 is 2.00 bits per heavy atom. The fourth-order valence-corrected chi connectivity index (χ4v) is 2.34. The highest BCUT2D eigenvalue weighted by Crippen LogP contribution is 2.36. The van der Waals surface area contributed by atoms with E-state index in [1.807, 2.05) is 0 Å². The summed E-state index contributed by atoms with van der Waals surface area (Å²) in [6, 6.07) is 0. The molecule has 0 unspecified atom stereocenters. The van der Waals surface area contributed by atoms with Gasteiger partial charge in [-0.25, -0.2) is 0 Å². The van der Waals surface area contributed by atoms with E-state index in [0.717, 1.165) is 23.9 Å². The molecule has 0 fully saturated rings. The van der Waals surface area contributed by atoms with Crippen LogP contribution >= 0.6 is 22.6 Å². The lowest BCUT2D eigenvalue weighted by molar-refractivity contribution is 0.327. The van der Waals surface area contributed by atoms with Gasteiger partial charge in [0.05, 0.1) is 6.61 Å². The number of allylic oxidation sites excluding steroid dienone is 3. The summed E-state index contributed by atoms with van der Waals surface area (Å²) in [5.41, 5.74) is 0. The minimum Gasteiger partial charge on any atom is -0.413 e. The smallest absolute Gasteiger partial charge is 0.192 e. The zero-order chi connectivity index (χ0) is 13.4. The van der Waals surface area contributed by atoms with E-state index in [1.165, 1.54) is 0 Å². The Labute approximate surface area is 122 Å². The molecule has 3 heteroatoms. The number of rotatable bonds is 7. The van der Waals surface area contributed by atoms with E-state index in [2.05, 4.69) is 80.8 Å². The Morgan fingerprint density at radius 1 is 1.00 bits per heavy atom. The van der Waals surface area contributed by atoms with E-state index >= 15 is 0 Å². The van der Waals surface area contributed by atoms with Crippen molar-refractivity contribution in [3.63, 3.8) is 0 Å². The van der Waals surface area contributed by atoms with Crippen molar-refractivity contribution in [2.45, 2.75) is 51.7 Å². The molecule has 0 saturated heterocycles. The minimum atomic E-state index is -1.55. The summed E-state index contributed by atoms with van der Waals surface area (Å²) in [6.45, 7) is 12.2. The van der Waals surface area contributed by atoms with Crippen molar-refractivity contribution in [3.05, 3.63) is 24.3 Å². The van der Waals surface area contributed by atoms with Crippen LogP contribution in [0.25, 0.3) is 0 Å². The molecule has 0 aromatic carbocycles. The standard InChI is InChI=1S/C14H27IOSi/c1-14(2,3)17(4,5)16-13-11-9-7-6-8-10-12-15/h8-11H,6-7,12-13H2,1-5H3/b10-8+,11-9+. The van der Waals surface area contributed by atoms with Crippen molar-refractivity contribution in [1.29, 1.82) is 0 Å². The van der Waals surface area contributed by atoms with E-state index in [0.29, 0.717) is 5.04 Å². The quantitative estimate of drug-likeness (QED) is 0.194. The molecule has 100 valence electrons. The molecule has 0 radical (unpaired) electrons. The molecule has 0 bridgehead atoms. The van der Waals surface area contributed by atoms with Crippen LogP contribution in [-0.4, -0.2) is 19.4 Å². The van der Waals surface area contributed by atoms with Gasteiger partial charge in [-0.3, -0.25) is 0 Å². The van der Waals surface area contributed by atoms with E-state index in [-0.39, 0.29) is 0 Å². The van der Waals surface area contributed by atoms with Crippen molar-refractivity contribution in [2.75, 3.05) is 11.0 Å². The molecule has 0 aliphatic heterocycles. The van der Waals surface area contributed by atoms with Crippen LogP contribution in [0.4, 0.5) is 0 Å². The van der Waals surface area contributed by atoms with Gasteiger partial charge in [0.25, 0.3) is 0 Å². The molecular formula is C14H27IOSi. The highest BCUT2D eigenvalue weighted by atomic mass is 127. The lowest BCUT2D eigenvalue weighted by Crippen LogP contribution is -2.40. The molecule has 0 aromatic heterocycles. The number of alkyl halides is 1. The second-order valence-corrected chi connectivity index (χ2v) is 11.4. The van der Waals surface area contributed by atoms with Gasteiger partial charge in [0.1, 0.15) is 0 Å². The Hall–Kier alpha value is 0.387. The van der Waals surface area contributed by atoms with Gasteiger partial charge in [0.15, 0.2) is 8.32 Å². The lowest BCUT2D eigenvalue weighted by atomic mass is 10.2. The second-order valence-electron chi connectivity index (χ2n) is 5.75. The first-order valence-corrected chi connectivity index (χ1v) is 10.7. The van der Waals surface area contributed by atoms with Gasteiger partial charge in [-0.1, -0.05) is 67.7 Å². The van der Waals surface area contributed by atoms with Crippen LogP contribution in [0.3, 0.4) is 0 Å². The molecule has 0 atom stereocenters. The molecule has 0 N–H and O–H groups in total. The van der Waals surface area contributed by atoms with Crippen molar-refractivity contribution >= 4 is 30.9 Å². The maximum absolute atomic E-state index is 6.05. The minimum absolute atomic E-state index is 0.309. The third-order valence-corrected chi connectivity index (χ3v) is 8.28. The molecule has 0 amide bonds. The van der Waals surface area contributed by atoms with E-state index in [4.69, 9.17) is 4.43 Å². The largest absolute Gasteiger partial charge is 0.413 e. The van der Waals surface area contributed by atoms with Gasteiger partial charge in [0, 0.05) is 4.43 Å². The molecule has 0 aliphatic carbocycles. The molecule has 0 heterocycles. The van der Waals surface area contributed by atoms with Crippen LogP contribution < -0.4 is 0 Å². The normalized spacial score (nSPS) is 14.0. The molecule has 0 aliphatic rings. The third kappa shape index (κ3) is 8.16. The van der Waals surface area contributed by atoms with Gasteiger partial charge in [-0.05, 0) is 31.0 Å². The average Bonchev–Trinajstić information content (AvgIpc) is 2.20. The van der Waals surface area contributed by atoms with Crippen molar-refractivity contribution in [2.24, 2.45) is 0 Å². The molecule has 0 aromatic rings. The van der Waals surface area contributed by atoms with Crippen LogP contribution in [-0.2, 0) is 4.43 Å². The zero-order valence-corrected chi connectivity index (χ0v) is 15.1. The number of halogens is 1. The molecule has 1 nitrogen and oxygen atoms in total. The first kappa shape index (κ1) is 17.4. The van der Waals surface area contributed by atoms with Crippen LogP contribution in [0.15, 0.2) is 24.3 Å². The monoisotopic (exact) mass is 366 g/mol. The average molecular weight is 366 g/mol. The maximum Gasteiger partial charge on any atom is 0.192 e. The van der Waals surface area contributed by atoms with Crippen molar-refractivity contribution in [3.8, 4) is 0 Å². The van der Waals surface area contributed by atoms with Crippen molar-refractivity contribution < 1.29 is 4.43 Å². The summed E-state index contributed by atoms with van der Waals surface area (Å²) in [7, 11) is -1.55. The van der Waals surface area contributed by atoms with Gasteiger partial charge in [-0.2, -0.15) is 0 Å². The van der Waals surface area contributed by atoms with Gasteiger partial charge in [-0.15, -0.1) is 0 Å². The predicted octanol–water partition coefficient (Wildman–Crippen LogP) is 5.34. The molecule has 0 rings (SSSR count). The highest BCUT2D eigenvalue weighted by Gasteiger charge is 2.36. The fourth-order valence-electron chi connectivity index (χ4n) is 1.03. The van der Waals surface area contributed by atoms with Gasteiger partial charge >= 0.3 is 0 Å². The van der Waals surface area contributed by atoms with Crippen LogP contribution in [0, 0.1) is 0 Å². The topological polar surface area (TPSA) is 9.23 Å². The summed E-state index contributed by atoms with van der Waals surface area (Å²) in [6.07, 6.45) is 11.1. The zero-order valence-electron chi connectivity index (χ0n) is 11.9. The maximum atomic E-state index is 6.05. The third-order valence-electron chi connectivity index (χ3n) is 3.27. The Balaban J connectivity index is 3.77. The van der Waals surface area contributed by atoms with Gasteiger partial charge in [0.2, 0.25) is 0 Å². The van der Waals surface area contributed by atoms with E-state index in [9.17, 15) is 0 Å². The molecule has 0 spiro atoms. The predicted molar refractivity (Wildman–Crippen MR) is 89.6 cm³/mol. The van der Waals surface area contributed by atoms with E-state index < -0.39 is 8.32 Å². The Bertz CT molecular complexity index is 251. The first-order valence-electron chi connectivity index (χ1n) is 6.31. The van der Waals surface area contributed by atoms with Crippen LogP contribution in [0.2, 0.25) is 18.1 Å². The SMILES string of the molecule is CC(C)(C)[Si](C)(C)OC/C=C/CC/C=C/CI. The second kappa shape index (κ2) is 8.48.